The quantitative estimate of drug-likeness (QED) is 0.488. The Labute approximate surface area is 132 Å². The summed E-state index contributed by atoms with van der Waals surface area (Å²) < 4.78 is 10.5. The van der Waals surface area contributed by atoms with Crippen LogP contribution in [-0.2, 0) is 20.9 Å². The van der Waals surface area contributed by atoms with Crippen molar-refractivity contribution in [2.75, 3.05) is 26.3 Å². The summed E-state index contributed by atoms with van der Waals surface area (Å²) in [5.41, 5.74) is 0.0713. The lowest BCUT2D eigenvalue weighted by Crippen LogP contribution is -2.54. The van der Waals surface area contributed by atoms with Gasteiger partial charge in [-0.2, -0.15) is 0 Å². The van der Waals surface area contributed by atoms with Crippen molar-refractivity contribution >= 4 is 29.1 Å². The Morgan fingerprint density at radius 1 is 1.32 bits per heavy atom. The van der Waals surface area contributed by atoms with Gasteiger partial charge in [0.1, 0.15) is 11.3 Å². The molecule has 2 aliphatic heterocycles. The number of hydrogen-bond donors (Lipinski definition) is 1. The average Bonchev–Trinajstić information content (AvgIpc) is 3.02. The van der Waals surface area contributed by atoms with Crippen molar-refractivity contribution in [3.8, 4) is 0 Å². The van der Waals surface area contributed by atoms with Crippen LogP contribution in [0, 0.1) is 0 Å². The van der Waals surface area contributed by atoms with Gasteiger partial charge in [0.05, 0.1) is 26.0 Å². The number of carbonyl (C=O) groups excluding carboxylic acids is 2. The second-order valence-corrected chi connectivity index (χ2v) is 5.31. The number of furan rings is 1. The Kier molecular flexibility index (Phi) is 4.21. The lowest BCUT2D eigenvalue weighted by Gasteiger charge is -2.30. The van der Waals surface area contributed by atoms with Crippen LogP contribution in [0.15, 0.2) is 34.6 Å². The van der Waals surface area contributed by atoms with Crippen molar-refractivity contribution in [2.24, 2.45) is 0 Å². The van der Waals surface area contributed by atoms with Crippen LogP contribution in [-0.4, -0.2) is 53.0 Å². The molecule has 0 atom stereocenters. The molecule has 0 unspecified atom stereocenters. The molecule has 7 nitrogen and oxygen atoms in total. The van der Waals surface area contributed by atoms with Crippen LogP contribution in [0.5, 0.6) is 0 Å². The molecule has 3 heterocycles. The van der Waals surface area contributed by atoms with E-state index in [-0.39, 0.29) is 17.2 Å². The maximum atomic E-state index is 12.6. The second kappa shape index (κ2) is 6.29. The van der Waals surface area contributed by atoms with Gasteiger partial charge in [-0.1, -0.05) is 0 Å². The van der Waals surface area contributed by atoms with Gasteiger partial charge in [-0.25, -0.2) is 0 Å². The van der Waals surface area contributed by atoms with Crippen molar-refractivity contribution in [1.82, 2.24) is 15.1 Å². The molecule has 1 aromatic rings. The standard InChI is InChI=1S/C14H15N3O4S/c18-12-11(9-16-3-6-20-7-4-16)13(19)17(14(22)15-12)8-10-2-1-5-21-10/h1-2,5,9H,3-4,6-8H2,(H,15,18,22)/b11-9+. The van der Waals surface area contributed by atoms with E-state index in [0.717, 1.165) is 0 Å². The van der Waals surface area contributed by atoms with E-state index in [4.69, 9.17) is 21.4 Å². The Morgan fingerprint density at radius 2 is 2.09 bits per heavy atom. The summed E-state index contributed by atoms with van der Waals surface area (Å²) in [7, 11) is 0. The molecule has 1 aromatic heterocycles. The summed E-state index contributed by atoms with van der Waals surface area (Å²) in [5, 5.41) is 2.63. The number of ether oxygens (including phenoxy) is 1. The minimum absolute atomic E-state index is 0.0713. The zero-order valence-corrected chi connectivity index (χ0v) is 12.6. The number of thiocarbonyl (C=S) groups is 1. The molecule has 0 bridgehead atoms. The number of amides is 2. The number of hydrogen-bond acceptors (Lipinski definition) is 6. The summed E-state index contributed by atoms with van der Waals surface area (Å²) >= 11 is 5.08. The number of morpholine rings is 1. The third kappa shape index (κ3) is 3.02. The van der Waals surface area contributed by atoms with E-state index < -0.39 is 11.8 Å². The lowest BCUT2D eigenvalue weighted by atomic mass is 10.2. The van der Waals surface area contributed by atoms with Crippen LogP contribution in [0.2, 0.25) is 0 Å². The highest BCUT2D eigenvalue weighted by Gasteiger charge is 2.34. The van der Waals surface area contributed by atoms with Gasteiger partial charge in [-0.15, -0.1) is 0 Å². The highest BCUT2D eigenvalue weighted by Crippen LogP contribution is 2.15. The van der Waals surface area contributed by atoms with Crippen LogP contribution in [0.3, 0.4) is 0 Å². The van der Waals surface area contributed by atoms with Gasteiger partial charge in [-0.3, -0.25) is 19.8 Å². The Hall–Kier alpha value is -2.19. The normalized spacial score (nSPS) is 21.5. The molecule has 2 saturated heterocycles. The van der Waals surface area contributed by atoms with Gasteiger partial charge in [0.25, 0.3) is 11.8 Å². The molecule has 1 N–H and O–H groups in total. The summed E-state index contributed by atoms with van der Waals surface area (Å²) in [6.07, 6.45) is 3.10. The molecule has 0 spiro atoms. The number of nitrogens with zero attached hydrogens (tertiary/aromatic N) is 2. The van der Waals surface area contributed by atoms with E-state index in [9.17, 15) is 9.59 Å². The fourth-order valence-corrected chi connectivity index (χ4v) is 2.51. The minimum Gasteiger partial charge on any atom is -0.467 e. The van der Waals surface area contributed by atoms with Gasteiger partial charge >= 0.3 is 0 Å². The molecular weight excluding hydrogens is 306 g/mol. The highest BCUT2D eigenvalue weighted by molar-refractivity contribution is 7.80. The largest absolute Gasteiger partial charge is 0.467 e. The molecule has 2 amide bonds. The van der Waals surface area contributed by atoms with Gasteiger partial charge in [0.15, 0.2) is 5.11 Å². The number of nitrogens with one attached hydrogen (secondary N) is 1. The lowest BCUT2D eigenvalue weighted by molar-refractivity contribution is -0.129. The molecule has 116 valence electrons. The fraction of sp³-hybridized carbons (Fsp3) is 0.357. The van der Waals surface area contributed by atoms with E-state index in [2.05, 4.69) is 5.32 Å². The summed E-state index contributed by atoms with van der Waals surface area (Å²) in [6.45, 7) is 2.63. The minimum atomic E-state index is -0.475. The number of rotatable bonds is 3. The zero-order valence-electron chi connectivity index (χ0n) is 11.8. The predicted octanol–water partition coefficient (Wildman–Crippen LogP) is 0.239. The molecule has 3 rings (SSSR count). The molecule has 0 radical (unpaired) electrons. The third-order valence-electron chi connectivity index (χ3n) is 3.44. The van der Waals surface area contributed by atoms with E-state index in [1.165, 1.54) is 11.2 Å². The Balaban J connectivity index is 1.80. The summed E-state index contributed by atoms with van der Waals surface area (Å²) in [5.74, 6) is -0.300. The van der Waals surface area contributed by atoms with Crippen LogP contribution in [0.25, 0.3) is 0 Å². The molecular formula is C14H15N3O4S. The number of carbonyl (C=O) groups is 2. The van der Waals surface area contributed by atoms with Gasteiger partial charge in [0, 0.05) is 19.3 Å². The Morgan fingerprint density at radius 3 is 2.77 bits per heavy atom. The monoisotopic (exact) mass is 321 g/mol. The van der Waals surface area contributed by atoms with Gasteiger partial charge in [0.2, 0.25) is 0 Å². The molecule has 22 heavy (non-hydrogen) atoms. The topological polar surface area (TPSA) is 75.0 Å². The Bertz CT molecular complexity index is 620. The molecule has 2 aliphatic rings. The zero-order chi connectivity index (χ0) is 15.5. The van der Waals surface area contributed by atoms with Crippen molar-refractivity contribution < 1.29 is 18.7 Å². The molecule has 2 fully saturated rings. The van der Waals surface area contributed by atoms with Crippen LogP contribution in [0.1, 0.15) is 5.76 Å². The molecule has 8 heteroatoms. The van der Waals surface area contributed by atoms with Crippen molar-refractivity contribution in [1.29, 1.82) is 0 Å². The second-order valence-electron chi connectivity index (χ2n) is 4.92. The summed E-state index contributed by atoms with van der Waals surface area (Å²) in [4.78, 5) is 27.8. The average molecular weight is 321 g/mol. The van der Waals surface area contributed by atoms with E-state index >= 15 is 0 Å². The first-order valence-corrected chi connectivity index (χ1v) is 7.29. The van der Waals surface area contributed by atoms with E-state index in [0.29, 0.717) is 32.1 Å². The van der Waals surface area contributed by atoms with Crippen LogP contribution in [0.4, 0.5) is 0 Å². The van der Waals surface area contributed by atoms with Gasteiger partial charge < -0.3 is 14.1 Å². The maximum Gasteiger partial charge on any atom is 0.267 e. The van der Waals surface area contributed by atoms with Crippen LogP contribution < -0.4 is 5.32 Å². The smallest absolute Gasteiger partial charge is 0.267 e. The predicted molar refractivity (Wildman–Crippen MR) is 80.5 cm³/mol. The first kappa shape index (κ1) is 14.7. The summed E-state index contributed by atoms with van der Waals surface area (Å²) in [6, 6.07) is 3.48. The molecule has 0 aromatic carbocycles. The SMILES string of the molecule is O=C1NC(=S)N(Cc2ccco2)C(=O)/C1=C/N1CCOCC1. The van der Waals surface area contributed by atoms with E-state index in [1.54, 1.807) is 18.3 Å². The third-order valence-corrected chi connectivity index (χ3v) is 3.76. The van der Waals surface area contributed by atoms with Crippen molar-refractivity contribution in [2.45, 2.75) is 6.54 Å². The molecule has 0 aliphatic carbocycles. The highest BCUT2D eigenvalue weighted by atomic mass is 32.1. The van der Waals surface area contributed by atoms with Crippen molar-refractivity contribution in [3.63, 3.8) is 0 Å². The first-order valence-electron chi connectivity index (χ1n) is 6.88. The first-order chi connectivity index (χ1) is 10.6. The van der Waals surface area contributed by atoms with Gasteiger partial charge in [-0.05, 0) is 24.4 Å². The van der Waals surface area contributed by atoms with Crippen LogP contribution >= 0.6 is 12.2 Å². The molecule has 0 saturated carbocycles. The maximum absolute atomic E-state index is 12.6. The fourth-order valence-electron chi connectivity index (χ4n) is 2.27. The van der Waals surface area contributed by atoms with Crippen molar-refractivity contribution in [3.05, 3.63) is 35.9 Å². The van der Waals surface area contributed by atoms with E-state index in [1.807, 2.05) is 4.90 Å².